The number of anilines is 1. The average Bonchev–Trinajstić information content (AvgIpc) is 2.58. The Labute approximate surface area is 108 Å². The Bertz CT molecular complexity index is 424. The topological polar surface area (TPSA) is 44.4 Å². The molecular weight excluding hydrogens is 226 g/mol. The van der Waals surface area contributed by atoms with E-state index in [1.54, 1.807) is 5.01 Å². The normalized spacial score (nSPS) is 24.4. The van der Waals surface area contributed by atoms with Crippen molar-refractivity contribution in [1.29, 1.82) is 0 Å². The van der Waals surface area contributed by atoms with Gasteiger partial charge in [-0.3, -0.25) is 15.5 Å². The van der Waals surface area contributed by atoms with E-state index in [9.17, 15) is 4.79 Å². The van der Waals surface area contributed by atoms with Gasteiger partial charge in [-0.2, -0.15) is 0 Å². The summed E-state index contributed by atoms with van der Waals surface area (Å²) >= 11 is 0. The third-order valence-corrected chi connectivity index (χ3v) is 3.12. The molecule has 1 aromatic rings. The first kappa shape index (κ1) is 12.9. The first-order chi connectivity index (χ1) is 8.39. The third-order valence-electron chi connectivity index (χ3n) is 3.12. The van der Waals surface area contributed by atoms with Gasteiger partial charge in [0.15, 0.2) is 0 Å². The highest BCUT2D eigenvalue weighted by Gasteiger charge is 2.42. The number of nitrogens with one attached hydrogen (secondary N) is 2. The van der Waals surface area contributed by atoms with Crippen LogP contribution in [0.15, 0.2) is 30.3 Å². The zero-order chi connectivity index (χ0) is 13.3. The van der Waals surface area contributed by atoms with E-state index in [1.807, 2.05) is 37.3 Å². The van der Waals surface area contributed by atoms with Gasteiger partial charge in [-0.15, -0.1) is 0 Å². The number of amides is 1. The van der Waals surface area contributed by atoms with Gasteiger partial charge in [0.25, 0.3) is 5.91 Å². The molecule has 1 saturated heterocycles. The molecule has 0 saturated carbocycles. The zero-order valence-corrected chi connectivity index (χ0v) is 11.4. The van der Waals surface area contributed by atoms with Gasteiger partial charge in [-0.25, -0.2) is 5.01 Å². The van der Waals surface area contributed by atoms with Crippen LogP contribution in [0.2, 0.25) is 0 Å². The third kappa shape index (κ3) is 2.48. The molecule has 1 aromatic carbocycles. The molecule has 0 aliphatic carbocycles. The number of hydrogen-bond donors (Lipinski definition) is 2. The Morgan fingerprint density at radius 1 is 1.22 bits per heavy atom. The van der Waals surface area contributed by atoms with Gasteiger partial charge in [-0.1, -0.05) is 39.0 Å². The van der Waals surface area contributed by atoms with Crippen molar-refractivity contribution in [3.05, 3.63) is 30.3 Å². The number of nitrogens with zero attached hydrogens (tertiary/aromatic N) is 1. The summed E-state index contributed by atoms with van der Waals surface area (Å²) in [7, 11) is 0. The standard InChI is InChI=1S/C14H21N3O/c1-10-12(18)17(13(15-10)14(2,3)4)16-11-8-6-5-7-9-11/h5-10,13,15-16H,1-4H3/t10-,13?/m0/s1. The van der Waals surface area contributed by atoms with Gasteiger partial charge in [-0.05, 0) is 24.5 Å². The Kier molecular flexibility index (Phi) is 3.30. The first-order valence-corrected chi connectivity index (χ1v) is 6.30. The summed E-state index contributed by atoms with van der Waals surface area (Å²) in [5, 5.41) is 5.04. The number of carbonyl (C=O) groups excluding carboxylic acids is 1. The van der Waals surface area contributed by atoms with Crippen LogP contribution >= 0.6 is 0 Å². The lowest BCUT2D eigenvalue weighted by Crippen LogP contribution is -2.49. The molecule has 1 amide bonds. The highest BCUT2D eigenvalue weighted by atomic mass is 16.2. The summed E-state index contributed by atoms with van der Waals surface area (Å²) in [6.07, 6.45) is -0.0137. The number of benzene rings is 1. The van der Waals surface area contributed by atoms with E-state index in [1.165, 1.54) is 0 Å². The van der Waals surface area contributed by atoms with Crippen molar-refractivity contribution >= 4 is 11.6 Å². The minimum absolute atomic E-state index is 0.0137. The monoisotopic (exact) mass is 247 g/mol. The Morgan fingerprint density at radius 3 is 2.39 bits per heavy atom. The van der Waals surface area contributed by atoms with Crippen LogP contribution in [-0.4, -0.2) is 23.1 Å². The van der Waals surface area contributed by atoms with Crippen LogP contribution in [0.1, 0.15) is 27.7 Å². The van der Waals surface area contributed by atoms with Crippen molar-refractivity contribution < 1.29 is 4.79 Å². The molecule has 1 heterocycles. The predicted octanol–water partition coefficient (Wildman–Crippen LogP) is 2.21. The van der Waals surface area contributed by atoms with Crippen LogP contribution in [0, 0.1) is 5.41 Å². The van der Waals surface area contributed by atoms with Gasteiger partial charge in [0.05, 0.1) is 11.7 Å². The fourth-order valence-electron chi connectivity index (χ4n) is 2.13. The van der Waals surface area contributed by atoms with E-state index >= 15 is 0 Å². The summed E-state index contributed by atoms with van der Waals surface area (Å²) in [5.41, 5.74) is 4.10. The second kappa shape index (κ2) is 4.61. The van der Waals surface area contributed by atoms with E-state index in [-0.39, 0.29) is 23.5 Å². The predicted molar refractivity (Wildman–Crippen MR) is 72.8 cm³/mol. The lowest BCUT2D eigenvalue weighted by Gasteiger charge is -2.34. The molecule has 0 radical (unpaired) electrons. The van der Waals surface area contributed by atoms with Crippen LogP contribution in [-0.2, 0) is 4.79 Å². The molecular formula is C14H21N3O. The minimum Gasteiger partial charge on any atom is -0.294 e. The van der Waals surface area contributed by atoms with Gasteiger partial charge in [0.2, 0.25) is 0 Å². The smallest absolute Gasteiger partial charge is 0.259 e. The first-order valence-electron chi connectivity index (χ1n) is 6.30. The number of para-hydroxylation sites is 1. The molecule has 2 rings (SSSR count). The minimum atomic E-state index is -0.148. The Balaban J connectivity index is 2.20. The van der Waals surface area contributed by atoms with Crippen molar-refractivity contribution in [2.24, 2.45) is 5.41 Å². The molecule has 0 spiro atoms. The van der Waals surface area contributed by atoms with Gasteiger partial charge < -0.3 is 0 Å². The molecule has 2 N–H and O–H groups in total. The maximum atomic E-state index is 12.2. The SMILES string of the molecule is C[C@@H]1NC(C(C)(C)C)N(Nc2ccccc2)C1=O. The molecule has 0 aromatic heterocycles. The lowest BCUT2D eigenvalue weighted by molar-refractivity contribution is -0.129. The molecule has 0 bridgehead atoms. The quantitative estimate of drug-likeness (QED) is 0.842. The van der Waals surface area contributed by atoms with Crippen LogP contribution in [0.4, 0.5) is 5.69 Å². The molecule has 1 aliphatic heterocycles. The molecule has 1 aliphatic rings. The van der Waals surface area contributed by atoms with Gasteiger partial charge >= 0.3 is 0 Å². The maximum Gasteiger partial charge on any atom is 0.259 e. The van der Waals surface area contributed by atoms with Gasteiger partial charge in [0.1, 0.15) is 6.17 Å². The van der Waals surface area contributed by atoms with E-state index < -0.39 is 0 Å². The number of hydrogen-bond acceptors (Lipinski definition) is 3. The highest BCUT2D eigenvalue weighted by Crippen LogP contribution is 2.27. The largest absolute Gasteiger partial charge is 0.294 e. The van der Waals surface area contributed by atoms with Crippen molar-refractivity contribution in [3.8, 4) is 0 Å². The van der Waals surface area contributed by atoms with E-state index in [0.717, 1.165) is 5.69 Å². The fourth-order valence-corrected chi connectivity index (χ4v) is 2.13. The Hall–Kier alpha value is -1.55. The molecule has 4 nitrogen and oxygen atoms in total. The fraction of sp³-hybridized carbons (Fsp3) is 0.500. The van der Waals surface area contributed by atoms with Crippen LogP contribution < -0.4 is 10.7 Å². The molecule has 18 heavy (non-hydrogen) atoms. The number of hydrazine groups is 1. The average molecular weight is 247 g/mol. The van der Waals surface area contributed by atoms with Crippen LogP contribution in [0.3, 0.4) is 0 Å². The molecule has 1 unspecified atom stereocenters. The van der Waals surface area contributed by atoms with E-state index in [2.05, 4.69) is 31.5 Å². The maximum absolute atomic E-state index is 12.2. The van der Waals surface area contributed by atoms with Crippen molar-refractivity contribution in [2.75, 3.05) is 5.43 Å². The summed E-state index contributed by atoms with van der Waals surface area (Å²) in [6.45, 7) is 8.26. The molecule has 1 fully saturated rings. The van der Waals surface area contributed by atoms with E-state index in [0.29, 0.717) is 0 Å². The van der Waals surface area contributed by atoms with Crippen LogP contribution in [0.5, 0.6) is 0 Å². The number of rotatable bonds is 2. The summed E-state index contributed by atoms with van der Waals surface area (Å²) < 4.78 is 0. The molecule has 4 heteroatoms. The summed E-state index contributed by atoms with van der Waals surface area (Å²) in [4.78, 5) is 12.2. The van der Waals surface area contributed by atoms with Crippen molar-refractivity contribution in [3.63, 3.8) is 0 Å². The molecule has 98 valence electrons. The summed E-state index contributed by atoms with van der Waals surface area (Å²) in [5.74, 6) is 0.0822. The Morgan fingerprint density at radius 2 is 1.83 bits per heavy atom. The van der Waals surface area contributed by atoms with Crippen LogP contribution in [0.25, 0.3) is 0 Å². The zero-order valence-electron chi connectivity index (χ0n) is 11.4. The number of carbonyl (C=O) groups is 1. The van der Waals surface area contributed by atoms with Gasteiger partial charge in [0, 0.05) is 0 Å². The van der Waals surface area contributed by atoms with E-state index in [4.69, 9.17) is 0 Å². The lowest BCUT2D eigenvalue weighted by atomic mass is 9.92. The second-order valence-corrected chi connectivity index (χ2v) is 5.84. The molecule has 2 atom stereocenters. The second-order valence-electron chi connectivity index (χ2n) is 5.84. The van der Waals surface area contributed by atoms with Crippen molar-refractivity contribution in [1.82, 2.24) is 10.3 Å². The highest BCUT2D eigenvalue weighted by molar-refractivity contribution is 5.85. The summed E-state index contributed by atoms with van der Waals surface area (Å²) in [6, 6.07) is 9.62. The van der Waals surface area contributed by atoms with Crippen molar-refractivity contribution in [2.45, 2.75) is 39.9 Å².